The molecule has 0 saturated carbocycles. The van der Waals surface area contributed by atoms with Gasteiger partial charge in [0.15, 0.2) is 0 Å². The van der Waals surface area contributed by atoms with Crippen molar-refractivity contribution < 1.29 is 9.13 Å². The van der Waals surface area contributed by atoms with Gasteiger partial charge in [-0.1, -0.05) is 198 Å². The summed E-state index contributed by atoms with van der Waals surface area (Å²) in [5, 5.41) is 2.29. The van der Waals surface area contributed by atoms with Crippen molar-refractivity contribution in [3.63, 3.8) is 0 Å². The van der Waals surface area contributed by atoms with Gasteiger partial charge in [-0.05, 0) is 156 Å². The molecule has 3 heterocycles. The van der Waals surface area contributed by atoms with Gasteiger partial charge in [-0.2, -0.15) is 0 Å². The van der Waals surface area contributed by atoms with E-state index in [1.807, 2.05) is 18.3 Å². The topological polar surface area (TPSA) is 33.5 Å². The monoisotopic (exact) mass is 1080 g/mol. The molecule has 11 aromatic rings. The van der Waals surface area contributed by atoms with E-state index in [9.17, 15) is 0 Å². The molecule has 410 valence electrons. The number of para-hydroxylation sites is 3. The Morgan fingerprint density at radius 1 is 0.390 bits per heavy atom. The molecular weight excluding hydrogens is 1000 g/mol. The molecule has 1 aliphatic rings. The van der Waals surface area contributed by atoms with Gasteiger partial charge in [-0.15, -0.1) is 0 Å². The molecule has 2 aromatic heterocycles. The predicted octanol–water partition coefficient (Wildman–Crippen LogP) is 21.2. The van der Waals surface area contributed by atoms with Crippen LogP contribution in [0.25, 0.3) is 72.1 Å². The Balaban J connectivity index is 1.05. The highest BCUT2D eigenvalue weighted by atomic mass is 19.1. The number of rotatable bonds is 9. The maximum absolute atomic E-state index is 15.1. The van der Waals surface area contributed by atoms with E-state index in [0.29, 0.717) is 12.4 Å². The van der Waals surface area contributed by atoms with Crippen molar-refractivity contribution in [2.75, 3.05) is 16.5 Å². The van der Waals surface area contributed by atoms with Gasteiger partial charge in [0.1, 0.15) is 29.8 Å². The molecule has 0 bridgehead atoms. The summed E-state index contributed by atoms with van der Waals surface area (Å²) in [7, 11) is 0. The number of hydrogen-bond acceptors (Lipinski definition) is 4. The Hall–Kier alpha value is -8.74. The second-order valence-electron chi connectivity index (χ2n) is 26.4. The lowest BCUT2D eigenvalue weighted by Crippen LogP contribution is -2.25. The first-order valence-corrected chi connectivity index (χ1v) is 28.8. The van der Waals surface area contributed by atoms with Crippen LogP contribution in [0, 0.1) is 5.82 Å². The van der Waals surface area contributed by atoms with Gasteiger partial charge < -0.3 is 14.5 Å². The highest BCUT2D eigenvalue weighted by molar-refractivity contribution is 6.09. The quantitative estimate of drug-likeness (QED) is 0.144. The average molecular weight is 1080 g/mol. The van der Waals surface area contributed by atoms with Gasteiger partial charge in [0, 0.05) is 45.9 Å². The molecule has 6 heteroatoms. The summed E-state index contributed by atoms with van der Waals surface area (Å²) in [5.41, 5.74) is 19.5. The lowest BCUT2D eigenvalue weighted by Gasteiger charge is -2.30. The second kappa shape index (κ2) is 20.4. The van der Waals surface area contributed by atoms with Crippen LogP contribution in [-0.4, -0.2) is 16.2 Å². The zero-order valence-corrected chi connectivity index (χ0v) is 49.5. The molecule has 12 rings (SSSR count). The van der Waals surface area contributed by atoms with Gasteiger partial charge in [-0.25, -0.2) is 9.37 Å². The average Bonchev–Trinajstić information content (AvgIpc) is 4.04. The fourth-order valence-electron chi connectivity index (χ4n) is 11.6. The van der Waals surface area contributed by atoms with Crippen LogP contribution >= 0.6 is 0 Å². The molecule has 1 aliphatic heterocycles. The number of benzene rings is 9. The van der Waals surface area contributed by atoms with Crippen LogP contribution in [0.4, 0.5) is 27.1 Å². The minimum absolute atomic E-state index is 0.00461. The van der Waals surface area contributed by atoms with Crippen molar-refractivity contribution in [1.29, 1.82) is 0 Å². The van der Waals surface area contributed by atoms with Crippen LogP contribution in [0.1, 0.15) is 105 Å². The van der Waals surface area contributed by atoms with Crippen molar-refractivity contribution in [1.82, 2.24) is 9.55 Å². The molecule has 0 N–H and O–H groups in total. The first kappa shape index (κ1) is 53.9. The Kier molecular flexibility index (Phi) is 13.4. The normalized spacial score (nSPS) is 13.1. The number of fused-ring (bicyclic) bond motifs is 4. The summed E-state index contributed by atoms with van der Waals surface area (Å²) < 4.78 is 24.5. The van der Waals surface area contributed by atoms with E-state index >= 15 is 4.39 Å². The lowest BCUT2D eigenvalue weighted by molar-refractivity contribution is 0.483. The zero-order valence-electron chi connectivity index (χ0n) is 49.5. The number of hydrogen-bond donors (Lipinski definition) is 0. The van der Waals surface area contributed by atoms with E-state index in [2.05, 4.69) is 279 Å². The van der Waals surface area contributed by atoms with E-state index in [-0.39, 0.29) is 27.5 Å². The smallest absolute Gasteiger partial charge is 0.137 e. The third-order valence-corrected chi connectivity index (χ3v) is 16.4. The number of anilines is 4. The van der Waals surface area contributed by atoms with E-state index in [4.69, 9.17) is 9.72 Å². The number of halogens is 1. The Morgan fingerprint density at radius 3 is 1.61 bits per heavy atom. The highest BCUT2D eigenvalue weighted by Gasteiger charge is 2.34. The van der Waals surface area contributed by atoms with E-state index in [1.165, 1.54) is 22.3 Å². The predicted molar refractivity (Wildman–Crippen MR) is 344 cm³/mol. The van der Waals surface area contributed by atoms with Gasteiger partial charge in [0.25, 0.3) is 0 Å². The van der Waals surface area contributed by atoms with Gasteiger partial charge >= 0.3 is 0 Å². The van der Waals surface area contributed by atoms with Crippen LogP contribution in [0.2, 0.25) is 0 Å². The van der Waals surface area contributed by atoms with Gasteiger partial charge in [0.05, 0.1) is 28.1 Å². The van der Waals surface area contributed by atoms with Crippen LogP contribution in [0.15, 0.2) is 212 Å². The van der Waals surface area contributed by atoms with E-state index < -0.39 is 0 Å². The third-order valence-electron chi connectivity index (χ3n) is 16.4. The minimum Gasteiger partial charge on any atom is -0.457 e. The molecule has 0 spiro atoms. The Labute approximate surface area is 484 Å². The van der Waals surface area contributed by atoms with Gasteiger partial charge in [-0.3, -0.25) is 4.57 Å². The molecule has 0 amide bonds. The van der Waals surface area contributed by atoms with Crippen LogP contribution in [-0.2, 0) is 21.7 Å². The fraction of sp³-hybridized carbons (Fsp3) is 0.224. The van der Waals surface area contributed by atoms with E-state index in [1.54, 1.807) is 12.1 Å². The number of nitrogens with zero attached hydrogens (tertiary/aromatic N) is 4. The van der Waals surface area contributed by atoms with Crippen molar-refractivity contribution in [2.45, 2.75) is 105 Å². The SMILES string of the molecule is CC(C)(C)c1ccc(-c2cc(Oc3ccc4c5ccccc5n(-c5cc(C(C)(C)C)ccn5)c4c3)cc(N3CN(c4c(-c5ccc(F)cc5)cc(-c5ccccc5)cc4-c4cc(C(C)(C)C)cc(C(C)(C)C)c4)c4ccccc43)c2)cc1. The number of ether oxygens (including phenoxy) is 1. The van der Waals surface area contributed by atoms with Gasteiger partial charge in [0.2, 0.25) is 0 Å². The maximum atomic E-state index is 15.1. The van der Waals surface area contributed by atoms with E-state index in [0.717, 1.165) is 101 Å². The van der Waals surface area contributed by atoms with Crippen molar-refractivity contribution in [2.24, 2.45) is 0 Å². The fourth-order valence-corrected chi connectivity index (χ4v) is 11.6. The molecule has 5 nitrogen and oxygen atoms in total. The molecule has 0 unspecified atom stereocenters. The third kappa shape index (κ3) is 10.4. The molecule has 9 aromatic carbocycles. The summed E-state index contributed by atoms with van der Waals surface area (Å²) in [5.74, 6) is 2.03. The van der Waals surface area contributed by atoms with Crippen molar-refractivity contribution in [3.8, 4) is 61.8 Å². The largest absolute Gasteiger partial charge is 0.457 e. The summed E-state index contributed by atoms with van der Waals surface area (Å²) in [4.78, 5) is 9.86. The summed E-state index contributed by atoms with van der Waals surface area (Å²) in [6, 6.07) is 73.2. The lowest BCUT2D eigenvalue weighted by atomic mass is 9.78. The molecule has 0 radical (unpaired) electrons. The molecule has 0 aliphatic carbocycles. The van der Waals surface area contributed by atoms with Crippen LogP contribution in [0.5, 0.6) is 11.5 Å². The standard InChI is InChI=1S/C76H73FN4O/c1-73(2,3)55-30-26-50(27-31-55)52-40-60(46-62(41-52)82-61-34-35-64-63-22-16-17-23-67(63)81(70(64)47-61)71-45-56(36-37-78-71)74(4,5)6)79-48-80(69-25-19-18-24-68(69)79)72-65(51-28-32-59(77)33-29-51)42-53(49-20-14-13-15-21-49)43-66(72)54-38-57(75(7,8)9)44-58(39-54)76(10,11)12/h13-47H,48H2,1-12H3. The molecular formula is C76H73FN4O. The minimum atomic E-state index is -0.272. The maximum Gasteiger partial charge on any atom is 0.137 e. The summed E-state index contributed by atoms with van der Waals surface area (Å²) in [6.45, 7) is 27.8. The molecule has 0 fully saturated rings. The first-order valence-electron chi connectivity index (χ1n) is 28.8. The second-order valence-corrected chi connectivity index (χ2v) is 26.4. The van der Waals surface area contributed by atoms with Crippen LogP contribution < -0.4 is 14.5 Å². The Morgan fingerprint density at radius 2 is 0.951 bits per heavy atom. The highest BCUT2D eigenvalue weighted by Crippen LogP contribution is 2.53. The number of aromatic nitrogens is 2. The zero-order chi connectivity index (χ0) is 57.5. The van der Waals surface area contributed by atoms with Crippen molar-refractivity contribution >= 4 is 44.6 Å². The molecule has 0 atom stereocenters. The van der Waals surface area contributed by atoms with Crippen LogP contribution in [0.3, 0.4) is 0 Å². The molecule has 0 saturated heterocycles. The molecule has 82 heavy (non-hydrogen) atoms. The summed E-state index contributed by atoms with van der Waals surface area (Å²) in [6.07, 6.45) is 1.92. The first-order chi connectivity index (χ1) is 39.0. The summed E-state index contributed by atoms with van der Waals surface area (Å²) >= 11 is 0. The Bertz CT molecular complexity index is 4170. The number of pyridine rings is 1. The van der Waals surface area contributed by atoms with Crippen molar-refractivity contribution in [3.05, 3.63) is 241 Å².